The fraction of sp³-hybridized carbons (Fsp3) is 0.632. The lowest BCUT2D eigenvalue weighted by Gasteiger charge is -2.24. The van der Waals surface area contributed by atoms with Crippen molar-refractivity contribution < 1.29 is 14.3 Å². The molecule has 0 spiro atoms. The molecule has 1 saturated carbocycles. The van der Waals surface area contributed by atoms with Crippen LogP contribution in [0.5, 0.6) is 5.75 Å². The predicted octanol–water partition coefficient (Wildman–Crippen LogP) is 1.97. The monoisotopic (exact) mass is 349 g/mol. The summed E-state index contributed by atoms with van der Waals surface area (Å²) in [5.74, 6) is 0.106. The average Bonchev–Trinajstić information content (AvgIpc) is 3.37. The number of benzene rings is 1. The van der Waals surface area contributed by atoms with Crippen molar-refractivity contribution in [1.29, 1.82) is 0 Å². The summed E-state index contributed by atoms with van der Waals surface area (Å²) in [6.45, 7) is 5.18. The van der Waals surface area contributed by atoms with E-state index in [0.29, 0.717) is 5.91 Å². The minimum absolute atomic E-state index is 0.0893. The standard InChI is InChI=1S/C13H23N3O.C6H5FO/c17-13(12-3-1-6-14-12)16-8-2-7-15(9-10-16)11-4-5-11;7-5-1-3-6(8)4-2-5/h11-12,14H,1-10H2;1-4,8H/t12-;/m1./s1. The van der Waals surface area contributed by atoms with Crippen molar-refractivity contribution in [1.82, 2.24) is 15.1 Å². The van der Waals surface area contributed by atoms with Crippen molar-refractivity contribution in [2.75, 3.05) is 32.7 Å². The number of aromatic hydroxyl groups is 1. The first-order chi connectivity index (χ1) is 12.1. The van der Waals surface area contributed by atoms with Gasteiger partial charge in [0, 0.05) is 32.2 Å². The Labute approximate surface area is 148 Å². The van der Waals surface area contributed by atoms with E-state index in [1.54, 1.807) is 0 Å². The molecule has 1 aliphatic carbocycles. The number of nitrogens with one attached hydrogen (secondary N) is 1. The molecule has 2 aliphatic heterocycles. The summed E-state index contributed by atoms with van der Waals surface area (Å²) in [4.78, 5) is 17.0. The van der Waals surface area contributed by atoms with Crippen molar-refractivity contribution >= 4 is 5.91 Å². The van der Waals surface area contributed by atoms with Gasteiger partial charge in [0.1, 0.15) is 11.6 Å². The third-order valence-electron chi connectivity index (χ3n) is 5.09. The van der Waals surface area contributed by atoms with Crippen LogP contribution in [0.2, 0.25) is 0 Å². The Morgan fingerprint density at radius 3 is 2.40 bits per heavy atom. The highest BCUT2D eigenvalue weighted by Gasteiger charge is 2.32. The molecule has 4 rings (SSSR count). The summed E-state index contributed by atoms with van der Waals surface area (Å²) in [7, 11) is 0. The van der Waals surface area contributed by atoms with Gasteiger partial charge >= 0.3 is 0 Å². The summed E-state index contributed by atoms with van der Waals surface area (Å²) in [6, 6.07) is 5.96. The van der Waals surface area contributed by atoms with Crippen LogP contribution >= 0.6 is 0 Å². The molecule has 6 heteroatoms. The van der Waals surface area contributed by atoms with Gasteiger partial charge in [0.2, 0.25) is 5.91 Å². The zero-order valence-electron chi connectivity index (χ0n) is 14.7. The van der Waals surface area contributed by atoms with Crippen LogP contribution in [0.25, 0.3) is 0 Å². The Balaban J connectivity index is 0.000000192. The normalized spacial score (nSPS) is 24.4. The number of hydrogen-bond donors (Lipinski definition) is 2. The second-order valence-corrected chi connectivity index (χ2v) is 7.07. The van der Waals surface area contributed by atoms with E-state index in [1.807, 2.05) is 0 Å². The number of amides is 1. The van der Waals surface area contributed by atoms with E-state index in [2.05, 4.69) is 15.1 Å². The second kappa shape index (κ2) is 8.63. The molecule has 2 heterocycles. The van der Waals surface area contributed by atoms with E-state index >= 15 is 0 Å². The molecule has 1 aromatic rings. The second-order valence-electron chi connectivity index (χ2n) is 7.07. The van der Waals surface area contributed by atoms with E-state index in [1.165, 1.54) is 43.7 Å². The van der Waals surface area contributed by atoms with Crippen LogP contribution in [0.3, 0.4) is 0 Å². The van der Waals surface area contributed by atoms with Crippen LogP contribution in [0, 0.1) is 5.82 Å². The summed E-state index contributed by atoms with van der Waals surface area (Å²) in [6.07, 6.45) is 6.07. The molecular weight excluding hydrogens is 321 g/mol. The predicted molar refractivity (Wildman–Crippen MR) is 94.9 cm³/mol. The maximum atomic E-state index is 12.3. The quantitative estimate of drug-likeness (QED) is 0.857. The topological polar surface area (TPSA) is 55.8 Å². The fourth-order valence-corrected chi connectivity index (χ4v) is 3.52. The average molecular weight is 349 g/mol. The molecule has 138 valence electrons. The summed E-state index contributed by atoms with van der Waals surface area (Å²) in [5, 5.41) is 11.9. The SMILES string of the molecule is O=C([C@H]1CCCN1)N1CCCN(C2CC2)CC1.Oc1ccc(F)cc1. The molecule has 0 aromatic heterocycles. The molecule has 1 aromatic carbocycles. The van der Waals surface area contributed by atoms with Gasteiger partial charge in [-0.25, -0.2) is 4.39 Å². The molecule has 1 amide bonds. The third kappa shape index (κ3) is 5.41. The first-order valence-corrected chi connectivity index (χ1v) is 9.34. The highest BCUT2D eigenvalue weighted by atomic mass is 19.1. The minimum Gasteiger partial charge on any atom is -0.508 e. The van der Waals surface area contributed by atoms with Gasteiger partial charge in [-0.1, -0.05) is 0 Å². The zero-order valence-corrected chi connectivity index (χ0v) is 14.7. The van der Waals surface area contributed by atoms with E-state index in [-0.39, 0.29) is 17.6 Å². The van der Waals surface area contributed by atoms with Gasteiger partial charge < -0.3 is 15.3 Å². The van der Waals surface area contributed by atoms with Gasteiger partial charge in [-0.05, 0) is 62.9 Å². The van der Waals surface area contributed by atoms with Crippen molar-refractivity contribution in [3.05, 3.63) is 30.1 Å². The smallest absolute Gasteiger partial charge is 0.239 e. The number of halogens is 1. The van der Waals surface area contributed by atoms with Gasteiger partial charge in [-0.3, -0.25) is 9.69 Å². The van der Waals surface area contributed by atoms with Crippen molar-refractivity contribution in [3.63, 3.8) is 0 Å². The van der Waals surface area contributed by atoms with Crippen molar-refractivity contribution in [2.45, 2.75) is 44.2 Å². The maximum absolute atomic E-state index is 12.3. The Morgan fingerprint density at radius 2 is 1.80 bits per heavy atom. The van der Waals surface area contributed by atoms with Crippen LogP contribution in [0.1, 0.15) is 32.1 Å². The van der Waals surface area contributed by atoms with Crippen LogP contribution in [-0.4, -0.2) is 65.6 Å². The van der Waals surface area contributed by atoms with E-state index < -0.39 is 0 Å². The molecular formula is C19H28FN3O2. The Hall–Kier alpha value is -1.66. The van der Waals surface area contributed by atoms with Crippen LogP contribution < -0.4 is 5.32 Å². The molecule has 5 nitrogen and oxygen atoms in total. The number of carbonyl (C=O) groups excluding carboxylic acids is 1. The number of rotatable bonds is 2. The van der Waals surface area contributed by atoms with Gasteiger partial charge in [0.25, 0.3) is 0 Å². The highest BCUT2D eigenvalue weighted by molar-refractivity contribution is 5.82. The fourth-order valence-electron chi connectivity index (χ4n) is 3.52. The lowest BCUT2D eigenvalue weighted by molar-refractivity contribution is -0.132. The van der Waals surface area contributed by atoms with Crippen molar-refractivity contribution in [2.24, 2.45) is 0 Å². The summed E-state index contributed by atoms with van der Waals surface area (Å²) < 4.78 is 12.0. The van der Waals surface area contributed by atoms with Crippen molar-refractivity contribution in [3.8, 4) is 5.75 Å². The van der Waals surface area contributed by atoms with Gasteiger partial charge in [-0.15, -0.1) is 0 Å². The summed E-state index contributed by atoms with van der Waals surface area (Å²) >= 11 is 0. The lowest BCUT2D eigenvalue weighted by Crippen LogP contribution is -2.45. The molecule has 2 N–H and O–H groups in total. The molecule has 0 unspecified atom stereocenters. The minimum atomic E-state index is -0.331. The Bertz CT molecular complexity index is 535. The highest BCUT2D eigenvalue weighted by Crippen LogP contribution is 2.27. The Kier molecular flexibility index (Phi) is 6.26. The maximum Gasteiger partial charge on any atom is 0.239 e. The lowest BCUT2D eigenvalue weighted by atomic mass is 10.2. The number of phenols is 1. The molecule has 3 fully saturated rings. The largest absolute Gasteiger partial charge is 0.508 e. The van der Waals surface area contributed by atoms with E-state index in [9.17, 15) is 9.18 Å². The number of hydrogen-bond acceptors (Lipinski definition) is 4. The van der Waals surface area contributed by atoms with Gasteiger partial charge in [0.05, 0.1) is 6.04 Å². The first-order valence-electron chi connectivity index (χ1n) is 9.34. The van der Waals surface area contributed by atoms with Crippen LogP contribution in [0.4, 0.5) is 4.39 Å². The van der Waals surface area contributed by atoms with Gasteiger partial charge in [-0.2, -0.15) is 0 Å². The van der Waals surface area contributed by atoms with Gasteiger partial charge in [0.15, 0.2) is 0 Å². The molecule has 0 bridgehead atoms. The number of nitrogens with zero attached hydrogens (tertiary/aromatic N) is 2. The molecule has 0 radical (unpaired) electrons. The molecule has 3 aliphatic rings. The number of carbonyl (C=O) groups is 1. The van der Waals surface area contributed by atoms with Crippen LogP contribution in [-0.2, 0) is 4.79 Å². The van der Waals surface area contributed by atoms with E-state index in [0.717, 1.165) is 51.5 Å². The molecule has 1 atom stereocenters. The molecule has 25 heavy (non-hydrogen) atoms. The Morgan fingerprint density at radius 1 is 1.04 bits per heavy atom. The zero-order chi connectivity index (χ0) is 17.6. The van der Waals surface area contributed by atoms with Crippen LogP contribution in [0.15, 0.2) is 24.3 Å². The summed E-state index contributed by atoms with van der Waals surface area (Å²) in [5.41, 5.74) is 0. The first kappa shape index (κ1) is 18.1. The van der Waals surface area contributed by atoms with E-state index in [4.69, 9.17) is 5.11 Å². The molecule has 2 saturated heterocycles. The number of phenolic OH excluding ortho intramolecular Hbond substituents is 1. The third-order valence-corrected chi connectivity index (χ3v) is 5.09.